The van der Waals surface area contributed by atoms with Crippen LogP contribution in [-0.2, 0) is 10.0 Å². The molecule has 3 rings (SSSR count). The van der Waals surface area contributed by atoms with Gasteiger partial charge >= 0.3 is 0 Å². The highest BCUT2D eigenvalue weighted by Crippen LogP contribution is 2.27. The number of likely N-dealkylation sites (tertiary alicyclic amines) is 1. The summed E-state index contributed by atoms with van der Waals surface area (Å²) in [5, 5.41) is 0. The van der Waals surface area contributed by atoms with E-state index >= 15 is 0 Å². The maximum atomic E-state index is 13.2. The minimum Gasteiger partial charge on any atom is -0.490 e. The number of carbonyl (C=O) groups excluding carboxylic acids is 1. The Hall–Kier alpha value is -2.45. The van der Waals surface area contributed by atoms with Gasteiger partial charge in [0.05, 0.1) is 10.5 Å². The number of sulfonamides is 1. The van der Waals surface area contributed by atoms with Crippen molar-refractivity contribution in [3.63, 3.8) is 0 Å². The maximum Gasteiger partial charge on any atom is 0.261 e. The molecule has 8 heteroatoms. The van der Waals surface area contributed by atoms with Gasteiger partial charge in [-0.3, -0.25) is 9.52 Å². The number of carbonyl (C=O) groups is 1. The maximum absolute atomic E-state index is 13.2. The van der Waals surface area contributed by atoms with E-state index in [0.717, 1.165) is 30.6 Å². The van der Waals surface area contributed by atoms with Crippen molar-refractivity contribution >= 4 is 33.4 Å². The van der Waals surface area contributed by atoms with E-state index in [1.54, 1.807) is 36.4 Å². The van der Waals surface area contributed by atoms with Crippen LogP contribution in [0.1, 0.15) is 36.0 Å². The fraction of sp³-hybridized carbons (Fsp3) is 0.348. The molecule has 2 aromatic rings. The molecule has 31 heavy (non-hydrogen) atoms. The predicted molar refractivity (Wildman–Crippen MR) is 126 cm³/mol. The summed E-state index contributed by atoms with van der Waals surface area (Å²) in [6.07, 6.45) is 7.72. The van der Waals surface area contributed by atoms with E-state index in [2.05, 4.69) is 11.3 Å². The van der Waals surface area contributed by atoms with Crippen LogP contribution in [0.3, 0.4) is 0 Å². The molecule has 1 amide bonds. The Labute approximate surface area is 188 Å². The third-order valence-electron chi connectivity index (χ3n) is 5.08. The predicted octanol–water partition coefficient (Wildman–Crippen LogP) is 4.79. The minimum absolute atomic E-state index is 0.0652. The van der Waals surface area contributed by atoms with Gasteiger partial charge in [0.1, 0.15) is 12.4 Å². The molecule has 2 aromatic carbocycles. The topological polar surface area (TPSA) is 75.7 Å². The number of nitrogens with one attached hydrogen (secondary N) is 1. The van der Waals surface area contributed by atoms with E-state index in [1.165, 1.54) is 23.9 Å². The van der Waals surface area contributed by atoms with E-state index in [-0.39, 0.29) is 10.8 Å². The molecule has 0 aliphatic carbocycles. The van der Waals surface area contributed by atoms with Gasteiger partial charge in [0.15, 0.2) is 0 Å². The second kappa shape index (κ2) is 10.7. The molecule has 1 saturated heterocycles. The lowest BCUT2D eigenvalue weighted by Gasteiger charge is -2.22. The van der Waals surface area contributed by atoms with Crippen LogP contribution in [0.2, 0.25) is 0 Å². The monoisotopic (exact) mass is 460 g/mol. The van der Waals surface area contributed by atoms with E-state index < -0.39 is 10.0 Å². The number of rotatable bonds is 8. The highest BCUT2D eigenvalue weighted by Gasteiger charge is 2.23. The van der Waals surface area contributed by atoms with Crippen molar-refractivity contribution in [1.82, 2.24) is 4.90 Å². The highest BCUT2D eigenvalue weighted by atomic mass is 32.2. The van der Waals surface area contributed by atoms with E-state index in [0.29, 0.717) is 36.7 Å². The SMILES string of the molecule is C=CCOc1ccc(NS(=O)(=O)c2ccc(SC)c(C(=O)N3CCCCCC3)c2)cc1. The Kier molecular flexibility index (Phi) is 8.03. The zero-order valence-electron chi connectivity index (χ0n) is 17.7. The lowest BCUT2D eigenvalue weighted by atomic mass is 10.2. The average molecular weight is 461 g/mol. The summed E-state index contributed by atoms with van der Waals surface area (Å²) in [6.45, 7) is 5.39. The molecular weight excluding hydrogens is 432 g/mol. The second-order valence-corrected chi connectivity index (χ2v) is 9.83. The molecule has 1 fully saturated rings. The molecule has 0 aromatic heterocycles. The van der Waals surface area contributed by atoms with Crippen molar-refractivity contribution in [2.24, 2.45) is 0 Å². The molecule has 0 bridgehead atoms. The normalized spacial score (nSPS) is 14.5. The van der Waals surface area contributed by atoms with Crippen LogP contribution in [0.5, 0.6) is 5.75 Å². The first kappa shape index (κ1) is 23.2. The summed E-state index contributed by atoms with van der Waals surface area (Å²) in [4.78, 5) is 15.9. The van der Waals surface area contributed by atoms with Crippen molar-refractivity contribution < 1.29 is 17.9 Å². The highest BCUT2D eigenvalue weighted by molar-refractivity contribution is 7.98. The van der Waals surface area contributed by atoms with Gasteiger partial charge in [-0.05, 0) is 61.6 Å². The first-order valence-corrected chi connectivity index (χ1v) is 13.0. The Balaban J connectivity index is 1.83. The van der Waals surface area contributed by atoms with Gasteiger partial charge in [0.25, 0.3) is 15.9 Å². The minimum atomic E-state index is -3.85. The van der Waals surface area contributed by atoms with Gasteiger partial charge in [0, 0.05) is 23.7 Å². The van der Waals surface area contributed by atoms with Crippen molar-refractivity contribution in [1.29, 1.82) is 0 Å². The largest absolute Gasteiger partial charge is 0.490 e. The fourth-order valence-corrected chi connectivity index (χ4v) is 5.11. The summed E-state index contributed by atoms with van der Waals surface area (Å²) >= 11 is 1.44. The molecule has 0 atom stereocenters. The zero-order chi connectivity index (χ0) is 22.3. The van der Waals surface area contributed by atoms with Crippen molar-refractivity contribution in [3.05, 3.63) is 60.7 Å². The van der Waals surface area contributed by atoms with Crippen LogP contribution in [0, 0.1) is 0 Å². The Morgan fingerprint density at radius 1 is 1.13 bits per heavy atom. The lowest BCUT2D eigenvalue weighted by molar-refractivity contribution is 0.0758. The first-order chi connectivity index (χ1) is 14.9. The summed E-state index contributed by atoms with van der Waals surface area (Å²) in [6, 6.07) is 11.4. The number of benzene rings is 2. The standard InChI is InChI=1S/C23H28N2O4S2/c1-3-16-29-19-10-8-18(9-11-19)24-31(27,28)20-12-13-22(30-2)21(17-20)23(26)25-14-6-4-5-7-15-25/h3,8-13,17,24H,1,4-7,14-16H2,2H3. The van der Waals surface area contributed by atoms with E-state index in [9.17, 15) is 13.2 Å². The molecule has 1 aliphatic heterocycles. The van der Waals surface area contributed by atoms with Gasteiger partial charge in [-0.25, -0.2) is 8.42 Å². The van der Waals surface area contributed by atoms with Gasteiger partial charge in [-0.2, -0.15) is 0 Å². The van der Waals surface area contributed by atoms with Crippen LogP contribution in [-0.4, -0.2) is 45.2 Å². The molecule has 1 N–H and O–H groups in total. The Bertz CT molecular complexity index is 1010. The molecule has 1 aliphatic rings. The summed E-state index contributed by atoms with van der Waals surface area (Å²) in [5.41, 5.74) is 0.853. The van der Waals surface area contributed by atoms with Gasteiger partial charge in [0.2, 0.25) is 0 Å². The number of nitrogens with zero attached hydrogens (tertiary/aromatic N) is 1. The van der Waals surface area contributed by atoms with Crippen LogP contribution in [0.4, 0.5) is 5.69 Å². The second-order valence-electron chi connectivity index (χ2n) is 7.30. The van der Waals surface area contributed by atoms with Crippen LogP contribution in [0.15, 0.2) is 64.9 Å². The first-order valence-electron chi connectivity index (χ1n) is 10.3. The number of hydrogen-bond donors (Lipinski definition) is 1. The van der Waals surface area contributed by atoms with Crippen molar-refractivity contribution in [3.8, 4) is 5.75 Å². The quantitative estimate of drug-likeness (QED) is 0.453. The Morgan fingerprint density at radius 2 is 1.81 bits per heavy atom. The third kappa shape index (κ3) is 6.04. The van der Waals surface area contributed by atoms with Crippen LogP contribution in [0.25, 0.3) is 0 Å². The molecule has 1 heterocycles. The van der Waals surface area contributed by atoms with Crippen molar-refractivity contribution in [2.75, 3.05) is 30.7 Å². The summed E-state index contributed by atoms with van der Waals surface area (Å²) < 4.78 is 33.9. The number of anilines is 1. The number of hydrogen-bond acceptors (Lipinski definition) is 5. The molecule has 0 unspecified atom stereocenters. The average Bonchev–Trinajstić information content (AvgIpc) is 3.07. The molecule has 0 radical (unpaired) electrons. The molecule has 6 nitrogen and oxygen atoms in total. The zero-order valence-corrected chi connectivity index (χ0v) is 19.3. The molecule has 0 spiro atoms. The number of amides is 1. The smallest absolute Gasteiger partial charge is 0.261 e. The van der Waals surface area contributed by atoms with E-state index in [1.807, 2.05) is 11.2 Å². The molecular formula is C23H28N2O4S2. The fourth-order valence-electron chi connectivity index (χ4n) is 3.45. The van der Waals surface area contributed by atoms with Gasteiger partial charge in [-0.15, -0.1) is 11.8 Å². The number of thioether (sulfide) groups is 1. The third-order valence-corrected chi connectivity index (χ3v) is 7.25. The van der Waals surface area contributed by atoms with E-state index in [4.69, 9.17) is 4.74 Å². The molecule has 166 valence electrons. The number of ether oxygens (including phenoxy) is 1. The van der Waals surface area contributed by atoms with Crippen molar-refractivity contribution in [2.45, 2.75) is 35.5 Å². The Morgan fingerprint density at radius 3 is 2.42 bits per heavy atom. The van der Waals surface area contributed by atoms with Gasteiger partial charge in [-0.1, -0.05) is 25.5 Å². The van der Waals surface area contributed by atoms with Crippen LogP contribution < -0.4 is 9.46 Å². The van der Waals surface area contributed by atoms with Gasteiger partial charge < -0.3 is 9.64 Å². The summed E-state index contributed by atoms with van der Waals surface area (Å²) in [7, 11) is -3.85. The van der Waals surface area contributed by atoms with Crippen LogP contribution >= 0.6 is 11.8 Å². The lowest BCUT2D eigenvalue weighted by Crippen LogP contribution is -2.32. The molecule has 0 saturated carbocycles. The summed E-state index contributed by atoms with van der Waals surface area (Å²) in [5.74, 6) is 0.518.